The zero-order valence-corrected chi connectivity index (χ0v) is 12.3. The summed E-state index contributed by atoms with van der Waals surface area (Å²) in [5.74, 6) is 0.481. The molecule has 1 aliphatic rings. The van der Waals surface area contributed by atoms with Crippen molar-refractivity contribution in [2.45, 2.75) is 6.61 Å². The number of hydrogen-bond acceptors (Lipinski definition) is 5. The smallest absolute Gasteiger partial charge is 0.269 e. The molecule has 0 unspecified atom stereocenters. The SMILES string of the molecule is O=[N+]([O-])c1ccc(C2=C(OCc3ccccc3)N=CCN2)cc1. The molecule has 116 valence electrons. The Labute approximate surface area is 133 Å². The van der Waals surface area contributed by atoms with Gasteiger partial charge in [0, 0.05) is 23.9 Å². The first-order valence-corrected chi connectivity index (χ1v) is 7.16. The highest BCUT2D eigenvalue weighted by Crippen LogP contribution is 2.23. The Morgan fingerprint density at radius 3 is 2.57 bits per heavy atom. The fraction of sp³-hybridized carbons (Fsp3) is 0.118. The summed E-state index contributed by atoms with van der Waals surface area (Å²) in [6.07, 6.45) is 1.73. The Bertz CT molecular complexity index is 752. The predicted octanol–water partition coefficient (Wildman–Crippen LogP) is 3.11. The first-order valence-electron chi connectivity index (χ1n) is 7.16. The fourth-order valence-electron chi connectivity index (χ4n) is 2.23. The van der Waals surface area contributed by atoms with Crippen LogP contribution in [0.25, 0.3) is 5.70 Å². The minimum Gasteiger partial charge on any atom is -0.471 e. The minimum absolute atomic E-state index is 0.0559. The third kappa shape index (κ3) is 3.55. The Morgan fingerprint density at radius 1 is 1.13 bits per heavy atom. The van der Waals surface area contributed by atoms with E-state index < -0.39 is 4.92 Å². The van der Waals surface area contributed by atoms with E-state index in [2.05, 4.69) is 10.3 Å². The van der Waals surface area contributed by atoms with Gasteiger partial charge in [-0.3, -0.25) is 10.1 Å². The highest BCUT2D eigenvalue weighted by Gasteiger charge is 2.14. The van der Waals surface area contributed by atoms with Crippen molar-refractivity contribution >= 4 is 17.6 Å². The van der Waals surface area contributed by atoms with Gasteiger partial charge in [-0.1, -0.05) is 30.3 Å². The number of benzene rings is 2. The second-order valence-corrected chi connectivity index (χ2v) is 4.95. The van der Waals surface area contributed by atoms with Crippen LogP contribution < -0.4 is 5.32 Å². The monoisotopic (exact) mass is 309 g/mol. The van der Waals surface area contributed by atoms with Gasteiger partial charge in [0.1, 0.15) is 12.3 Å². The number of hydrogen-bond donors (Lipinski definition) is 1. The lowest BCUT2D eigenvalue weighted by molar-refractivity contribution is -0.384. The van der Waals surface area contributed by atoms with E-state index in [4.69, 9.17) is 4.74 Å². The van der Waals surface area contributed by atoms with Gasteiger partial charge in [0.15, 0.2) is 0 Å². The predicted molar refractivity (Wildman–Crippen MR) is 87.7 cm³/mol. The van der Waals surface area contributed by atoms with E-state index >= 15 is 0 Å². The Morgan fingerprint density at radius 2 is 1.87 bits per heavy atom. The summed E-state index contributed by atoms with van der Waals surface area (Å²) in [5, 5.41) is 13.9. The lowest BCUT2D eigenvalue weighted by Crippen LogP contribution is -2.21. The van der Waals surface area contributed by atoms with Crippen LogP contribution in [0.3, 0.4) is 0 Å². The van der Waals surface area contributed by atoms with Crippen LogP contribution in [0.2, 0.25) is 0 Å². The number of nitro groups is 1. The summed E-state index contributed by atoms with van der Waals surface area (Å²) < 4.78 is 5.80. The molecule has 2 aromatic rings. The molecule has 0 aliphatic carbocycles. The van der Waals surface area contributed by atoms with Gasteiger partial charge in [-0.2, -0.15) is 0 Å². The second-order valence-electron chi connectivity index (χ2n) is 4.95. The Kier molecular flexibility index (Phi) is 4.33. The van der Waals surface area contributed by atoms with Crippen LogP contribution >= 0.6 is 0 Å². The van der Waals surface area contributed by atoms with E-state index in [0.717, 1.165) is 16.8 Å². The van der Waals surface area contributed by atoms with Crippen molar-refractivity contribution in [1.82, 2.24) is 5.32 Å². The largest absolute Gasteiger partial charge is 0.471 e. The molecule has 1 aliphatic heterocycles. The average molecular weight is 309 g/mol. The lowest BCUT2D eigenvalue weighted by Gasteiger charge is -2.17. The summed E-state index contributed by atoms with van der Waals surface area (Å²) in [6, 6.07) is 16.1. The average Bonchev–Trinajstić information content (AvgIpc) is 2.61. The van der Waals surface area contributed by atoms with E-state index in [1.807, 2.05) is 30.3 Å². The van der Waals surface area contributed by atoms with Crippen LogP contribution in [-0.2, 0) is 11.3 Å². The molecule has 23 heavy (non-hydrogen) atoms. The summed E-state index contributed by atoms with van der Waals surface area (Å²) in [5.41, 5.74) is 2.64. The maximum atomic E-state index is 10.7. The first kappa shape index (κ1) is 14.8. The molecule has 0 spiro atoms. The Balaban J connectivity index is 1.82. The van der Waals surface area contributed by atoms with E-state index in [0.29, 0.717) is 19.0 Å². The van der Waals surface area contributed by atoms with Crippen molar-refractivity contribution in [3.8, 4) is 0 Å². The maximum Gasteiger partial charge on any atom is 0.269 e. The highest BCUT2D eigenvalue weighted by atomic mass is 16.6. The number of non-ortho nitro benzene ring substituents is 1. The minimum atomic E-state index is -0.419. The van der Waals surface area contributed by atoms with E-state index in [1.165, 1.54) is 12.1 Å². The number of nitrogens with one attached hydrogen (secondary N) is 1. The molecule has 2 aromatic carbocycles. The molecule has 0 radical (unpaired) electrons. The van der Waals surface area contributed by atoms with Crippen LogP contribution in [0.4, 0.5) is 5.69 Å². The quantitative estimate of drug-likeness (QED) is 0.680. The molecule has 3 rings (SSSR count). The molecule has 0 saturated heterocycles. The number of aliphatic imine (C=N–C) groups is 1. The molecule has 0 bridgehead atoms. The molecule has 1 N–H and O–H groups in total. The topological polar surface area (TPSA) is 76.8 Å². The van der Waals surface area contributed by atoms with Gasteiger partial charge in [-0.25, -0.2) is 4.99 Å². The van der Waals surface area contributed by atoms with Gasteiger partial charge in [-0.15, -0.1) is 0 Å². The normalized spacial score (nSPS) is 13.6. The van der Waals surface area contributed by atoms with Gasteiger partial charge in [0.05, 0.1) is 11.5 Å². The van der Waals surface area contributed by atoms with Crippen LogP contribution in [0.15, 0.2) is 65.5 Å². The lowest BCUT2D eigenvalue weighted by atomic mass is 10.1. The van der Waals surface area contributed by atoms with Gasteiger partial charge < -0.3 is 10.1 Å². The molecule has 6 heteroatoms. The third-order valence-corrected chi connectivity index (χ3v) is 3.38. The van der Waals surface area contributed by atoms with Gasteiger partial charge in [0.2, 0.25) is 5.88 Å². The fourth-order valence-corrected chi connectivity index (χ4v) is 2.23. The molecule has 1 heterocycles. The number of nitro benzene ring substituents is 1. The highest BCUT2D eigenvalue weighted by molar-refractivity contribution is 5.75. The van der Waals surface area contributed by atoms with E-state index in [-0.39, 0.29) is 5.69 Å². The summed E-state index contributed by atoms with van der Waals surface area (Å²) in [6.45, 7) is 0.996. The molecular formula is C17H15N3O3. The standard InChI is InChI=1S/C17H15N3O3/c21-20(22)15-8-6-14(7-9-15)16-17(19-11-10-18-16)23-12-13-4-2-1-3-5-13/h1-9,11,18H,10,12H2. The molecule has 0 saturated carbocycles. The van der Waals surface area contributed by atoms with Gasteiger partial charge in [0.25, 0.3) is 5.69 Å². The first-order chi connectivity index (χ1) is 11.2. The molecule has 6 nitrogen and oxygen atoms in total. The summed E-state index contributed by atoms with van der Waals surface area (Å²) in [4.78, 5) is 14.6. The molecular weight excluding hydrogens is 294 g/mol. The van der Waals surface area contributed by atoms with Crippen molar-refractivity contribution < 1.29 is 9.66 Å². The third-order valence-electron chi connectivity index (χ3n) is 3.38. The van der Waals surface area contributed by atoms with Gasteiger partial charge >= 0.3 is 0 Å². The van der Waals surface area contributed by atoms with E-state index in [1.54, 1.807) is 18.3 Å². The van der Waals surface area contributed by atoms with Crippen LogP contribution in [0.5, 0.6) is 0 Å². The Hall–Kier alpha value is -3.15. The van der Waals surface area contributed by atoms with Crippen molar-refractivity contribution in [2.24, 2.45) is 4.99 Å². The maximum absolute atomic E-state index is 10.7. The number of rotatable bonds is 5. The zero-order valence-electron chi connectivity index (χ0n) is 12.3. The number of nitrogens with zero attached hydrogens (tertiary/aromatic N) is 2. The molecule has 0 fully saturated rings. The van der Waals surface area contributed by atoms with Crippen LogP contribution in [0.1, 0.15) is 11.1 Å². The van der Waals surface area contributed by atoms with Crippen LogP contribution in [0, 0.1) is 10.1 Å². The van der Waals surface area contributed by atoms with Crippen molar-refractivity contribution in [3.63, 3.8) is 0 Å². The summed E-state index contributed by atoms with van der Waals surface area (Å²) in [7, 11) is 0. The molecule has 0 atom stereocenters. The number of ether oxygens (including phenoxy) is 1. The zero-order chi connectivity index (χ0) is 16.1. The van der Waals surface area contributed by atoms with E-state index in [9.17, 15) is 10.1 Å². The van der Waals surface area contributed by atoms with Crippen molar-refractivity contribution in [1.29, 1.82) is 0 Å². The summed E-state index contributed by atoms with van der Waals surface area (Å²) >= 11 is 0. The van der Waals surface area contributed by atoms with Crippen LogP contribution in [-0.4, -0.2) is 17.7 Å². The second kappa shape index (κ2) is 6.74. The van der Waals surface area contributed by atoms with Crippen molar-refractivity contribution in [3.05, 3.63) is 81.7 Å². The van der Waals surface area contributed by atoms with Gasteiger partial charge in [-0.05, 0) is 17.7 Å². The molecule has 0 aromatic heterocycles. The molecule has 0 amide bonds. The van der Waals surface area contributed by atoms with Crippen molar-refractivity contribution in [2.75, 3.05) is 6.54 Å².